The van der Waals surface area contributed by atoms with Crippen molar-refractivity contribution in [3.05, 3.63) is 141 Å². The van der Waals surface area contributed by atoms with E-state index in [2.05, 4.69) is 21.3 Å². The van der Waals surface area contributed by atoms with Crippen molar-refractivity contribution in [3.8, 4) is 11.1 Å². The third-order valence-electron chi connectivity index (χ3n) is 10.1. The molecule has 8 N–H and O–H groups in total. The Balaban J connectivity index is 1.55. The van der Waals surface area contributed by atoms with E-state index in [9.17, 15) is 25.9 Å². The molecule has 258 valence electrons. The second kappa shape index (κ2) is 12.4. The molecule has 14 heteroatoms. The van der Waals surface area contributed by atoms with E-state index in [0.29, 0.717) is 57.3 Å². The quantitative estimate of drug-likeness (QED) is 0.0790. The molecule has 0 saturated heterocycles. The average Bonchev–Trinajstić information content (AvgIpc) is 3.13. The summed E-state index contributed by atoms with van der Waals surface area (Å²) in [6, 6.07) is 23.5. The van der Waals surface area contributed by atoms with Crippen molar-refractivity contribution in [1.82, 2.24) is 0 Å². The maximum Gasteiger partial charge on any atom is 0.279 e. The Bertz CT molecular complexity index is 2300. The smallest absolute Gasteiger partial charge is 0.279 e. The Morgan fingerprint density at radius 2 is 1.04 bits per heavy atom. The van der Waals surface area contributed by atoms with E-state index in [1.54, 1.807) is 72.8 Å². The van der Waals surface area contributed by atoms with Crippen molar-refractivity contribution in [2.75, 3.05) is 0 Å². The molecule has 0 radical (unpaired) electrons. The van der Waals surface area contributed by atoms with Crippen LogP contribution in [0.1, 0.15) is 71.2 Å². The molecule has 2 aliphatic carbocycles. The van der Waals surface area contributed by atoms with Gasteiger partial charge in [0.2, 0.25) is 2.82 Å². The molecule has 2 unspecified atom stereocenters. The highest BCUT2D eigenvalue weighted by molar-refractivity contribution is 7.87. The van der Waals surface area contributed by atoms with Crippen LogP contribution >= 0.6 is 0 Å². The Hall–Kier alpha value is -5.02. The molecule has 0 heterocycles. The van der Waals surface area contributed by atoms with E-state index in [0.717, 1.165) is 0 Å². The minimum atomic E-state index is -4.90. The van der Waals surface area contributed by atoms with Gasteiger partial charge in [0.15, 0.2) is 9.49 Å². The molecule has 0 saturated carbocycles. The molecule has 0 bridgehead atoms. The van der Waals surface area contributed by atoms with Crippen molar-refractivity contribution in [2.24, 2.45) is 21.7 Å². The van der Waals surface area contributed by atoms with Gasteiger partial charge in [-0.05, 0) is 57.3 Å². The number of fused-ring (bicyclic) bond motifs is 2. The average molecular weight is 713 g/mol. The van der Waals surface area contributed by atoms with Crippen molar-refractivity contribution < 1.29 is 28.8 Å². The third-order valence-corrected chi connectivity index (χ3v) is 13.0. The topological polar surface area (TPSA) is 233 Å². The van der Waals surface area contributed by atoms with Crippen LogP contribution in [0, 0.1) is 11.0 Å². The van der Waals surface area contributed by atoms with Gasteiger partial charge in [-0.1, -0.05) is 98.8 Å². The van der Waals surface area contributed by atoms with Gasteiger partial charge in [-0.3, -0.25) is 9.11 Å². The SMILES string of the molecule is [H]/N=N/C1=C(N)c2ccccc2C(c2ccc(-c3ccc(C4(S(=O)(=O)O)CC(/N=N/[H])=C(N)c5ccccc54)c(CC)c3)cc2CC)(S(=O)(=O)O)C1. The summed E-state index contributed by atoms with van der Waals surface area (Å²) < 4.78 is 86.9. The van der Waals surface area contributed by atoms with Gasteiger partial charge in [0, 0.05) is 24.0 Å². The van der Waals surface area contributed by atoms with Crippen LogP contribution in [-0.2, 0) is 42.6 Å². The maximum atomic E-state index is 13.6. The van der Waals surface area contributed by atoms with Crippen LogP contribution in [0.3, 0.4) is 0 Å². The molecule has 2 atom stereocenters. The number of allylic oxidation sites excluding steroid dienone is 2. The van der Waals surface area contributed by atoms with Crippen LogP contribution in [0.25, 0.3) is 22.5 Å². The number of rotatable bonds is 9. The lowest BCUT2D eigenvalue weighted by Gasteiger charge is -2.38. The molecule has 12 nitrogen and oxygen atoms in total. The standard InChI is InChI=1S/C36H36N6O6S2/c1-3-21-17-23(13-15-27(21)35(49(43,44)45)19-31(41-39)33(37)25-9-5-7-11-29(25)35)24-14-16-28(22(4-2)18-24)36(50(46,47)48)20-32(42-40)34(38)26-10-6-8-12-30(26)36/h5-18,39-40H,3-4,19-20,37-38H2,1-2H3,(H,43,44,45)(H,46,47,48)/b41-39+,42-40+. The van der Waals surface area contributed by atoms with Gasteiger partial charge in [-0.15, -0.1) is 0 Å². The molecular formula is C36H36N6O6S2. The third kappa shape index (κ3) is 5.01. The fourth-order valence-corrected chi connectivity index (χ4v) is 10.1. The number of hydrogen-bond acceptors (Lipinski definition) is 10. The summed E-state index contributed by atoms with van der Waals surface area (Å²) in [5.74, 6) is 0. The van der Waals surface area contributed by atoms with Crippen molar-refractivity contribution in [1.29, 1.82) is 11.0 Å². The summed E-state index contributed by atoms with van der Waals surface area (Å²) in [5, 5.41) is 7.64. The first-order valence-corrected chi connectivity index (χ1v) is 18.7. The molecule has 0 spiro atoms. The molecule has 2 aliphatic rings. The fraction of sp³-hybridized carbons (Fsp3) is 0.222. The van der Waals surface area contributed by atoms with E-state index in [1.165, 1.54) is 0 Å². The molecule has 0 aromatic heterocycles. The van der Waals surface area contributed by atoms with Crippen LogP contribution in [0.15, 0.2) is 107 Å². The van der Waals surface area contributed by atoms with Crippen molar-refractivity contribution in [3.63, 3.8) is 0 Å². The molecule has 0 fully saturated rings. The van der Waals surface area contributed by atoms with Crippen LogP contribution in [0.5, 0.6) is 0 Å². The lowest BCUT2D eigenvalue weighted by atomic mass is 9.75. The highest BCUT2D eigenvalue weighted by Gasteiger charge is 2.53. The number of nitrogens with two attached hydrogens (primary N) is 2. The zero-order valence-electron chi connectivity index (χ0n) is 29.2. The van der Waals surface area contributed by atoms with Crippen LogP contribution < -0.4 is 11.5 Å². The van der Waals surface area contributed by atoms with Crippen LogP contribution in [0.4, 0.5) is 0 Å². The summed E-state index contributed by atoms with van der Waals surface area (Å²) in [7, 11) is -9.79. The predicted octanol–water partition coefficient (Wildman–Crippen LogP) is 6.87. The zero-order valence-corrected chi connectivity index (χ0v) is 28.8. The Kier molecular flexibility index (Phi) is 7.98. The Morgan fingerprint density at radius 3 is 1.38 bits per heavy atom. The Labute approximate surface area is 293 Å². The summed E-state index contributed by atoms with van der Waals surface area (Å²) in [6.45, 7) is 3.71. The molecule has 6 rings (SSSR count). The van der Waals surface area contributed by atoms with Gasteiger partial charge < -0.3 is 11.5 Å². The first-order valence-electron chi connectivity index (χ1n) is 16.7. The van der Waals surface area contributed by atoms with E-state index in [4.69, 9.17) is 14.3 Å². The number of aryl methyl sites for hydroxylation is 2. The fourth-order valence-electron chi connectivity index (χ4n) is 7.62. The van der Waals surface area contributed by atoms with Gasteiger partial charge in [-0.2, -0.15) is 27.1 Å². The lowest BCUT2D eigenvalue weighted by molar-refractivity contribution is 0.438. The normalized spacial score (nSPS) is 21.7. The highest BCUT2D eigenvalue weighted by Crippen LogP contribution is 2.52. The van der Waals surface area contributed by atoms with Gasteiger partial charge in [-0.25, -0.2) is 11.0 Å². The summed E-state index contributed by atoms with van der Waals surface area (Å²) >= 11 is 0. The van der Waals surface area contributed by atoms with Gasteiger partial charge in [0.05, 0.1) is 22.8 Å². The van der Waals surface area contributed by atoms with E-state index in [-0.39, 0.29) is 46.8 Å². The number of benzene rings is 4. The zero-order chi connectivity index (χ0) is 37.6. The van der Waals surface area contributed by atoms with Crippen molar-refractivity contribution in [2.45, 2.75) is 49.0 Å². The number of hydrogen-bond donors (Lipinski definition) is 6. The monoisotopic (exact) mass is 712 g/mol. The molecule has 4 aromatic carbocycles. The second-order valence-electron chi connectivity index (χ2n) is 12.4. The maximum absolute atomic E-state index is 13.6. The first kappa shape index (κ1) is 32.2. The summed E-state index contributed by atoms with van der Waals surface area (Å²) in [5.41, 5.74) is 23.7. The lowest BCUT2D eigenvalue weighted by Crippen LogP contribution is -2.41. The first-order chi connectivity index (χ1) is 24.7. The molecule has 0 aliphatic heterocycles. The number of nitrogens with one attached hydrogen (secondary N) is 2. The van der Waals surface area contributed by atoms with Gasteiger partial charge >= 0.3 is 0 Å². The van der Waals surface area contributed by atoms with E-state index >= 15 is 0 Å². The Morgan fingerprint density at radius 1 is 0.660 bits per heavy atom. The molecule has 0 amide bonds. The molecule has 4 aromatic rings. The van der Waals surface area contributed by atoms with Crippen molar-refractivity contribution >= 4 is 31.6 Å². The van der Waals surface area contributed by atoms with E-state index < -0.39 is 29.7 Å². The summed E-state index contributed by atoms with van der Waals surface area (Å²) in [4.78, 5) is 0. The largest absolute Gasteiger partial charge is 0.397 e. The molecular weight excluding hydrogens is 677 g/mol. The minimum absolute atomic E-state index is 0.0432. The van der Waals surface area contributed by atoms with Crippen LogP contribution in [-0.4, -0.2) is 25.9 Å². The number of nitrogens with zero attached hydrogens (tertiary/aromatic N) is 2. The summed E-state index contributed by atoms with van der Waals surface area (Å²) in [6.07, 6.45) is -0.00482. The predicted molar refractivity (Wildman–Crippen MR) is 190 cm³/mol. The van der Waals surface area contributed by atoms with Crippen LogP contribution in [0.2, 0.25) is 2.82 Å². The van der Waals surface area contributed by atoms with E-state index in [1.807, 2.05) is 26.0 Å². The van der Waals surface area contributed by atoms with Gasteiger partial charge in [0.25, 0.3) is 20.2 Å². The molecule has 50 heavy (non-hydrogen) atoms. The highest BCUT2D eigenvalue weighted by atomic mass is 32.2. The second-order valence-corrected chi connectivity index (χ2v) is 15.7. The minimum Gasteiger partial charge on any atom is -0.397 e. The van der Waals surface area contributed by atoms with Gasteiger partial charge in [0.1, 0.15) is 0 Å².